The Morgan fingerprint density at radius 2 is 1.64 bits per heavy atom. The summed E-state index contributed by atoms with van der Waals surface area (Å²) >= 11 is 6.17. The fraction of sp³-hybridized carbons (Fsp3) is 0. The SMILES string of the molecule is N#Cc1c(Nc2ncnc3c2cnn3-c2cccc(Cl)c2)oc(-c2ccccc2)c1-c1ccccc1. The van der Waals surface area contributed by atoms with Gasteiger partial charge in [0.1, 0.15) is 29.5 Å². The molecular formula is C28H17ClN6O. The van der Waals surface area contributed by atoms with Crippen LogP contribution in [-0.2, 0) is 0 Å². The van der Waals surface area contributed by atoms with Crippen LogP contribution in [0.1, 0.15) is 5.56 Å². The van der Waals surface area contributed by atoms with Crippen molar-refractivity contribution in [2.24, 2.45) is 0 Å². The number of rotatable bonds is 5. The van der Waals surface area contributed by atoms with E-state index in [4.69, 9.17) is 16.0 Å². The standard InChI is InChI=1S/C28H17ClN6O/c29-20-12-7-13-21(14-20)35-27-23(16-33-35)26(31-17-32-27)34-28-22(15-30)24(18-8-3-1-4-9-18)25(36-28)19-10-5-2-6-11-19/h1-14,16-17H,(H,31,32,34). The minimum atomic E-state index is 0.297. The van der Waals surface area contributed by atoms with Crippen molar-refractivity contribution >= 4 is 34.3 Å². The molecule has 3 aromatic carbocycles. The molecule has 0 aliphatic rings. The maximum absolute atomic E-state index is 10.2. The number of benzene rings is 3. The summed E-state index contributed by atoms with van der Waals surface area (Å²) in [5.74, 6) is 1.37. The van der Waals surface area contributed by atoms with Crippen LogP contribution in [0.15, 0.2) is 102 Å². The van der Waals surface area contributed by atoms with Crippen molar-refractivity contribution in [2.45, 2.75) is 0 Å². The lowest BCUT2D eigenvalue weighted by Crippen LogP contribution is -1.99. The molecule has 3 aromatic heterocycles. The van der Waals surface area contributed by atoms with Crippen molar-refractivity contribution in [3.8, 4) is 34.2 Å². The number of nitriles is 1. The number of hydrogen-bond acceptors (Lipinski definition) is 6. The third-order valence-corrected chi connectivity index (χ3v) is 6.00. The van der Waals surface area contributed by atoms with Crippen LogP contribution < -0.4 is 5.32 Å². The molecule has 6 rings (SSSR count). The monoisotopic (exact) mass is 488 g/mol. The molecule has 0 spiro atoms. The lowest BCUT2D eigenvalue weighted by atomic mass is 9.98. The zero-order valence-electron chi connectivity index (χ0n) is 18.8. The number of hydrogen-bond donors (Lipinski definition) is 1. The second-order valence-corrected chi connectivity index (χ2v) is 8.41. The third-order valence-electron chi connectivity index (χ3n) is 5.77. The first kappa shape index (κ1) is 21.6. The molecule has 1 N–H and O–H groups in total. The van der Waals surface area contributed by atoms with Gasteiger partial charge in [-0.2, -0.15) is 10.4 Å². The van der Waals surface area contributed by atoms with Gasteiger partial charge in [-0.25, -0.2) is 14.6 Å². The molecule has 3 heterocycles. The van der Waals surface area contributed by atoms with Crippen LogP contribution >= 0.6 is 11.6 Å². The van der Waals surface area contributed by atoms with E-state index in [9.17, 15) is 5.26 Å². The number of halogens is 1. The summed E-state index contributed by atoms with van der Waals surface area (Å²) in [4.78, 5) is 8.84. The van der Waals surface area contributed by atoms with Crippen LogP contribution in [0.25, 0.3) is 39.2 Å². The van der Waals surface area contributed by atoms with E-state index in [1.54, 1.807) is 16.9 Å². The molecule has 36 heavy (non-hydrogen) atoms. The van der Waals surface area contributed by atoms with E-state index in [1.807, 2.05) is 78.9 Å². The quantitative estimate of drug-likeness (QED) is 0.280. The molecule has 8 heteroatoms. The van der Waals surface area contributed by atoms with Gasteiger partial charge >= 0.3 is 0 Å². The van der Waals surface area contributed by atoms with Gasteiger partial charge in [0.05, 0.1) is 17.3 Å². The number of anilines is 2. The topological polar surface area (TPSA) is 92.6 Å². The summed E-state index contributed by atoms with van der Waals surface area (Å²) in [6.45, 7) is 0. The number of fused-ring (bicyclic) bond motifs is 1. The molecule has 0 radical (unpaired) electrons. The summed E-state index contributed by atoms with van der Waals surface area (Å²) in [7, 11) is 0. The summed E-state index contributed by atoms with van der Waals surface area (Å²) in [6, 6.07) is 29.1. The van der Waals surface area contributed by atoms with E-state index in [0.717, 1.165) is 16.8 Å². The van der Waals surface area contributed by atoms with Gasteiger partial charge in [0.15, 0.2) is 5.65 Å². The molecule has 0 atom stereocenters. The fourth-order valence-corrected chi connectivity index (χ4v) is 4.33. The van der Waals surface area contributed by atoms with Gasteiger partial charge in [0, 0.05) is 16.1 Å². The van der Waals surface area contributed by atoms with Gasteiger partial charge in [-0.3, -0.25) is 0 Å². The molecule has 0 unspecified atom stereocenters. The lowest BCUT2D eigenvalue weighted by molar-refractivity contribution is 0.600. The number of nitrogens with zero attached hydrogens (tertiary/aromatic N) is 5. The highest BCUT2D eigenvalue weighted by Crippen LogP contribution is 2.42. The largest absolute Gasteiger partial charge is 0.438 e. The lowest BCUT2D eigenvalue weighted by Gasteiger charge is -2.06. The van der Waals surface area contributed by atoms with E-state index in [-0.39, 0.29) is 0 Å². The number of furan rings is 1. The van der Waals surface area contributed by atoms with Crippen LogP contribution in [0.2, 0.25) is 5.02 Å². The van der Waals surface area contributed by atoms with Crippen molar-refractivity contribution in [3.05, 3.63) is 108 Å². The summed E-state index contributed by atoms with van der Waals surface area (Å²) in [5, 5.41) is 19.2. The van der Waals surface area contributed by atoms with Gasteiger partial charge in [-0.15, -0.1) is 0 Å². The summed E-state index contributed by atoms with van der Waals surface area (Å²) < 4.78 is 7.99. The highest BCUT2D eigenvalue weighted by molar-refractivity contribution is 6.30. The highest BCUT2D eigenvalue weighted by atomic mass is 35.5. The molecule has 0 fully saturated rings. The second-order valence-electron chi connectivity index (χ2n) is 7.97. The summed E-state index contributed by atoms with van der Waals surface area (Å²) in [6.07, 6.45) is 3.11. The van der Waals surface area contributed by atoms with Crippen LogP contribution in [0.5, 0.6) is 0 Å². The Kier molecular flexibility index (Phi) is 5.41. The molecule has 6 aromatic rings. The summed E-state index contributed by atoms with van der Waals surface area (Å²) in [5.41, 5.74) is 4.21. The zero-order valence-corrected chi connectivity index (χ0v) is 19.5. The van der Waals surface area contributed by atoms with Crippen LogP contribution in [0.4, 0.5) is 11.7 Å². The minimum Gasteiger partial charge on any atom is -0.438 e. The molecule has 0 saturated heterocycles. The second kappa shape index (κ2) is 9.02. The minimum absolute atomic E-state index is 0.297. The van der Waals surface area contributed by atoms with Crippen molar-refractivity contribution in [2.75, 3.05) is 5.32 Å². The third kappa shape index (κ3) is 3.76. The number of aromatic nitrogens is 4. The normalized spacial score (nSPS) is 10.9. The molecule has 0 aliphatic carbocycles. The van der Waals surface area contributed by atoms with Gasteiger partial charge < -0.3 is 9.73 Å². The van der Waals surface area contributed by atoms with Gasteiger partial charge in [-0.1, -0.05) is 78.3 Å². The smallest absolute Gasteiger partial charge is 0.217 e. The molecule has 0 bridgehead atoms. The fourth-order valence-electron chi connectivity index (χ4n) is 4.15. The zero-order chi connectivity index (χ0) is 24.5. The van der Waals surface area contributed by atoms with Crippen LogP contribution in [-0.4, -0.2) is 19.7 Å². The Labute approximate surface area is 211 Å². The Hall–Kier alpha value is -4.93. The highest BCUT2D eigenvalue weighted by Gasteiger charge is 2.24. The van der Waals surface area contributed by atoms with E-state index < -0.39 is 0 Å². The van der Waals surface area contributed by atoms with Crippen molar-refractivity contribution in [1.82, 2.24) is 19.7 Å². The molecule has 0 saturated carbocycles. The Morgan fingerprint density at radius 1 is 0.889 bits per heavy atom. The first-order valence-electron chi connectivity index (χ1n) is 11.1. The van der Waals surface area contributed by atoms with E-state index in [2.05, 4.69) is 26.5 Å². The number of nitrogens with one attached hydrogen (secondary N) is 1. The maximum Gasteiger partial charge on any atom is 0.217 e. The molecule has 172 valence electrons. The molecular weight excluding hydrogens is 472 g/mol. The van der Waals surface area contributed by atoms with Crippen molar-refractivity contribution < 1.29 is 4.42 Å². The van der Waals surface area contributed by atoms with Gasteiger partial charge in [-0.05, 0) is 23.8 Å². The van der Waals surface area contributed by atoms with Gasteiger partial charge in [0.25, 0.3) is 0 Å². The van der Waals surface area contributed by atoms with Gasteiger partial charge in [0.2, 0.25) is 5.88 Å². The average molecular weight is 489 g/mol. The first-order valence-corrected chi connectivity index (χ1v) is 11.5. The van der Waals surface area contributed by atoms with E-state index in [0.29, 0.717) is 44.6 Å². The Bertz CT molecular complexity index is 1740. The predicted molar refractivity (Wildman–Crippen MR) is 139 cm³/mol. The van der Waals surface area contributed by atoms with Crippen molar-refractivity contribution in [1.29, 1.82) is 5.26 Å². The maximum atomic E-state index is 10.2. The Morgan fingerprint density at radius 3 is 2.36 bits per heavy atom. The molecule has 0 aliphatic heterocycles. The van der Waals surface area contributed by atoms with Crippen LogP contribution in [0.3, 0.4) is 0 Å². The van der Waals surface area contributed by atoms with E-state index >= 15 is 0 Å². The first-order chi connectivity index (χ1) is 17.7. The van der Waals surface area contributed by atoms with Crippen LogP contribution in [0, 0.1) is 11.3 Å². The average Bonchev–Trinajstić information content (AvgIpc) is 3.52. The molecule has 0 amide bonds. The van der Waals surface area contributed by atoms with E-state index in [1.165, 1.54) is 6.33 Å². The predicted octanol–water partition coefficient (Wildman–Crippen LogP) is 7.01. The Balaban J connectivity index is 1.49. The van der Waals surface area contributed by atoms with Crippen molar-refractivity contribution in [3.63, 3.8) is 0 Å². The molecule has 7 nitrogen and oxygen atoms in total.